The summed E-state index contributed by atoms with van der Waals surface area (Å²) in [4.78, 5) is 19.4. The van der Waals surface area contributed by atoms with Gasteiger partial charge in [0.15, 0.2) is 15.5 Å². The van der Waals surface area contributed by atoms with Crippen LogP contribution in [0, 0.1) is 0 Å². The number of fused-ring (bicyclic) bond motifs is 1. The highest BCUT2D eigenvalue weighted by atomic mass is 32.2. The molecular weight excluding hydrogens is 354 g/mol. The molecule has 27 heavy (non-hydrogen) atoms. The van der Waals surface area contributed by atoms with Crippen LogP contribution in [0.3, 0.4) is 0 Å². The molecule has 1 N–H and O–H groups in total. The van der Waals surface area contributed by atoms with Gasteiger partial charge in [-0.3, -0.25) is 0 Å². The summed E-state index contributed by atoms with van der Waals surface area (Å²) in [6.45, 7) is 2.17. The predicted octanol–water partition coefficient (Wildman–Crippen LogP) is 5.44. The van der Waals surface area contributed by atoms with Crippen molar-refractivity contribution in [2.75, 3.05) is 6.61 Å². The van der Waals surface area contributed by atoms with Crippen LogP contribution in [-0.2, 0) is 15.6 Å². The molecule has 0 aliphatic carbocycles. The molecule has 0 spiro atoms. The van der Waals surface area contributed by atoms with Gasteiger partial charge in [-0.05, 0) is 43.3 Å². The van der Waals surface area contributed by atoms with Gasteiger partial charge in [0.2, 0.25) is 4.90 Å². The highest BCUT2D eigenvalue weighted by Crippen LogP contribution is 2.38. The maximum atomic E-state index is 12.8. The lowest BCUT2D eigenvalue weighted by Crippen LogP contribution is -2.12. The lowest BCUT2D eigenvalue weighted by atomic mass is 10.2. The molecule has 0 bridgehead atoms. The summed E-state index contributed by atoms with van der Waals surface area (Å²) < 4.78 is 5.35. The average molecular weight is 374 g/mol. The Hall–Kier alpha value is -2.98. The van der Waals surface area contributed by atoms with E-state index in [2.05, 4.69) is 35.3 Å². The van der Waals surface area contributed by atoms with Crippen molar-refractivity contribution in [3.63, 3.8) is 0 Å². The second kappa shape index (κ2) is 7.72. The van der Waals surface area contributed by atoms with Gasteiger partial charge in [-0.15, -0.1) is 0 Å². The summed E-state index contributed by atoms with van der Waals surface area (Å²) in [6, 6.07) is 28.7. The van der Waals surface area contributed by atoms with E-state index in [-0.39, 0.29) is 5.97 Å². The Kier molecular flexibility index (Phi) is 4.99. The highest BCUT2D eigenvalue weighted by molar-refractivity contribution is 7.97. The average Bonchev–Trinajstić information content (AvgIpc) is 3.10. The Bertz CT molecular complexity index is 1020. The second-order valence-electron chi connectivity index (χ2n) is 6.03. The topological polar surface area (TPSA) is 42.1 Å². The Morgan fingerprint density at radius 3 is 2.00 bits per heavy atom. The zero-order valence-electron chi connectivity index (χ0n) is 15.0. The number of carbonyl (C=O) groups is 1. The largest absolute Gasteiger partial charge is 0.461 e. The standard InChI is InChI=1S/C23H19NO2S/c1-2-26-23(25)21-22(19-15-9-10-16-20(19)24-21)27(17-11-5-3-6-12-17)18-13-7-4-8-14-18/h3-16H,2H2,1H3/p+1. The van der Waals surface area contributed by atoms with Crippen LogP contribution in [0.1, 0.15) is 17.4 Å². The summed E-state index contributed by atoms with van der Waals surface area (Å²) in [5, 5.41) is 1.05. The summed E-state index contributed by atoms with van der Waals surface area (Å²) >= 11 is 0. The molecule has 4 aromatic rings. The van der Waals surface area contributed by atoms with Crippen LogP contribution in [0.15, 0.2) is 99.6 Å². The molecule has 134 valence electrons. The van der Waals surface area contributed by atoms with Crippen molar-refractivity contribution in [1.29, 1.82) is 0 Å². The van der Waals surface area contributed by atoms with Gasteiger partial charge in [0, 0.05) is 0 Å². The van der Waals surface area contributed by atoms with Crippen LogP contribution in [-0.4, -0.2) is 17.6 Å². The maximum Gasteiger partial charge on any atom is 0.360 e. The molecule has 0 saturated carbocycles. The third-order valence-corrected chi connectivity index (χ3v) is 6.62. The van der Waals surface area contributed by atoms with E-state index < -0.39 is 10.9 Å². The lowest BCUT2D eigenvalue weighted by molar-refractivity contribution is 0.0516. The fraction of sp³-hybridized carbons (Fsp3) is 0.0870. The fourth-order valence-electron chi connectivity index (χ4n) is 3.16. The zero-order valence-corrected chi connectivity index (χ0v) is 15.8. The van der Waals surface area contributed by atoms with E-state index in [1.807, 2.05) is 61.5 Å². The molecule has 0 fully saturated rings. The normalized spacial score (nSPS) is 11.0. The van der Waals surface area contributed by atoms with E-state index in [1.54, 1.807) is 0 Å². The molecule has 0 unspecified atom stereocenters. The van der Waals surface area contributed by atoms with Crippen LogP contribution in [0.25, 0.3) is 10.9 Å². The number of rotatable bonds is 5. The van der Waals surface area contributed by atoms with Gasteiger partial charge in [0.25, 0.3) is 0 Å². The molecule has 1 aromatic heterocycles. The Balaban J connectivity index is 2.01. The SMILES string of the molecule is CCOC(=O)c1[nH]c2ccccc2c1[S+](c1ccccc1)c1ccccc1. The maximum absolute atomic E-state index is 12.8. The van der Waals surface area contributed by atoms with Gasteiger partial charge in [-0.2, -0.15) is 0 Å². The Labute approximate surface area is 161 Å². The number of para-hydroxylation sites is 1. The van der Waals surface area contributed by atoms with Crippen LogP contribution >= 0.6 is 0 Å². The molecule has 0 aliphatic heterocycles. The third kappa shape index (κ3) is 3.36. The van der Waals surface area contributed by atoms with E-state index >= 15 is 0 Å². The number of hydrogen-bond donors (Lipinski definition) is 1. The molecular formula is C23H20NO2S+. The number of carbonyl (C=O) groups excluding carboxylic acids is 1. The number of hydrogen-bond acceptors (Lipinski definition) is 2. The van der Waals surface area contributed by atoms with E-state index in [0.29, 0.717) is 12.3 Å². The first kappa shape index (κ1) is 17.4. The lowest BCUT2D eigenvalue weighted by Gasteiger charge is -2.09. The van der Waals surface area contributed by atoms with Gasteiger partial charge < -0.3 is 9.72 Å². The van der Waals surface area contributed by atoms with Crippen LogP contribution < -0.4 is 0 Å². The van der Waals surface area contributed by atoms with Crippen molar-refractivity contribution in [1.82, 2.24) is 4.98 Å². The summed E-state index contributed by atoms with van der Waals surface area (Å²) in [7, 11) is -0.426. The van der Waals surface area contributed by atoms with Gasteiger partial charge in [0.05, 0.1) is 17.5 Å². The second-order valence-corrected chi connectivity index (χ2v) is 7.99. The summed E-state index contributed by atoms with van der Waals surface area (Å²) in [5.41, 5.74) is 1.48. The van der Waals surface area contributed by atoms with E-state index in [9.17, 15) is 4.79 Å². The number of nitrogens with one attached hydrogen (secondary N) is 1. The molecule has 0 radical (unpaired) electrons. The first-order chi connectivity index (χ1) is 13.3. The molecule has 0 aliphatic rings. The molecule has 4 heteroatoms. The number of aromatic nitrogens is 1. The van der Waals surface area contributed by atoms with Crippen molar-refractivity contribution in [3.8, 4) is 0 Å². The minimum absolute atomic E-state index is 0.312. The van der Waals surface area contributed by atoms with Gasteiger partial charge >= 0.3 is 5.97 Å². The van der Waals surface area contributed by atoms with Crippen LogP contribution in [0.2, 0.25) is 0 Å². The van der Waals surface area contributed by atoms with Gasteiger partial charge in [-0.1, -0.05) is 48.5 Å². The van der Waals surface area contributed by atoms with Crippen LogP contribution in [0.4, 0.5) is 0 Å². The highest BCUT2D eigenvalue weighted by Gasteiger charge is 2.37. The van der Waals surface area contributed by atoms with Crippen molar-refractivity contribution in [2.24, 2.45) is 0 Å². The number of aromatic amines is 1. The number of ether oxygens (including phenoxy) is 1. The van der Waals surface area contributed by atoms with E-state index in [0.717, 1.165) is 15.8 Å². The zero-order chi connectivity index (χ0) is 18.6. The van der Waals surface area contributed by atoms with E-state index in [1.165, 1.54) is 9.79 Å². The molecule has 0 atom stereocenters. The van der Waals surface area contributed by atoms with Gasteiger partial charge in [-0.25, -0.2) is 4.79 Å². The molecule has 0 saturated heterocycles. The molecule has 1 heterocycles. The number of benzene rings is 3. The fourth-order valence-corrected chi connectivity index (χ4v) is 5.50. The van der Waals surface area contributed by atoms with E-state index in [4.69, 9.17) is 4.74 Å². The first-order valence-electron chi connectivity index (χ1n) is 8.92. The number of esters is 1. The van der Waals surface area contributed by atoms with Crippen molar-refractivity contribution in [3.05, 3.63) is 90.6 Å². The summed E-state index contributed by atoms with van der Waals surface area (Å²) in [5.74, 6) is -0.312. The smallest absolute Gasteiger partial charge is 0.360 e. The summed E-state index contributed by atoms with van der Waals surface area (Å²) in [6.07, 6.45) is 0. The minimum Gasteiger partial charge on any atom is -0.461 e. The molecule has 3 aromatic carbocycles. The third-order valence-electron chi connectivity index (χ3n) is 4.30. The Morgan fingerprint density at radius 2 is 1.41 bits per heavy atom. The van der Waals surface area contributed by atoms with Crippen molar-refractivity contribution in [2.45, 2.75) is 21.6 Å². The predicted molar refractivity (Wildman–Crippen MR) is 109 cm³/mol. The molecule has 0 amide bonds. The molecule has 3 nitrogen and oxygen atoms in total. The monoisotopic (exact) mass is 374 g/mol. The van der Waals surface area contributed by atoms with Crippen molar-refractivity contribution >= 4 is 27.8 Å². The first-order valence-corrected chi connectivity index (χ1v) is 10.1. The number of H-pyrrole nitrogens is 1. The Morgan fingerprint density at radius 1 is 0.852 bits per heavy atom. The quantitative estimate of drug-likeness (QED) is 0.373. The van der Waals surface area contributed by atoms with Crippen LogP contribution in [0.5, 0.6) is 0 Å². The minimum atomic E-state index is -0.426. The molecule has 4 rings (SSSR count). The van der Waals surface area contributed by atoms with Gasteiger partial charge in [0.1, 0.15) is 10.9 Å². The van der Waals surface area contributed by atoms with Crippen molar-refractivity contribution < 1.29 is 9.53 Å².